The predicted octanol–water partition coefficient (Wildman–Crippen LogP) is 2.36. The monoisotopic (exact) mass is 322 g/mol. The second-order valence-electron chi connectivity index (χ2n) is 4.31. The highest BCUT2D eigenvalue weighted by molar-refractivity contribution is 6.43. The minimum atomic E-state index is -0.186. The average Bonchev–Trinajstić information content (AvgIpc) is 2.30. The highest BCUT2D eigenvalue weighted by Gasteiger charge is 2.17. The lowest BCUT2D eigenvalue weighted by Gasteiger charge is -2.27. The summed E-state index contributed by atoms with van der Waals surface area (Å²) in [6.45, 7) is 2.45. The molecule has 19 heavy (non-hydrogen) atoms. The van der Waals surface area contributed by atoms with Gasteiger partial charge in [-0.15, -0.1) is 0 Å². The predicted molar refractivity (Wildman–Crippen MR) is 76.3 cm³/mol. The van der Waals surface area contributed by atoms with Gasteiger partial charge >= 0.3 is 0 Å². The average molecular weight is 324 g/mol. The molecule has 1 aliphatic heterocycles. The minimum Gasteiger partial charge on any atom is -0.482 e. The lowest BCUT2D eigenvalue weighted by atomic mass is 10.0. The molecule has 0 spiro atoms. The fourth-order valence-electron chi connectivity index (χ4n) is 1.56. The molecule has 0 saturated carbocycles. The van der Waals surface area contributed by atoms with Crippen LogP contribution in [0.15, 0.2) is 12.1 Å². The highest BCUT2D eigenvalue weighted by atomic mass is 35.5. The molecule has 0 unspecified atom stereocenters. The molecule has 0 bridgehead atoms. The lowest BCUT2D eigenvalue weighted by molar-refractivity contribution is -0.123. The van der Waals surface area contributed by atoms with Crippen LogP contribution in [0.2, 0.25) is 15.1 Å². The van der Waals surface area contributed by atoms with Crippen LogP contribution in [-0.4, -0.2) is 32.1 Å². The largest absolute Gasteiger partial charge is 0.482 e. The van der Waals surface area contributed by atoms with Gasteiger partial charge in [-0.3, -0.25) is 4.79 Å². The molecular weight excluding hydrogens is 311 g/mol. The molecule has 0 aliphatic carbocycles. The molecule has 1 heterocycles. The summed E-state index contributed by atoms with van der Waals surface area (Å²) in [6, 6.07) is 2.98. The minimum absolute atomic E-state index is 0.0994. The molecule has 0 atom stereocenters. The van der Waals surface area contributed by atoms with Crippen molar-refractivity contribution in [2.45, 2.75) is 0 Å². The van der Waals surface area contributed by atoms with Gasteiger partial charge in [0.15, 0.2) is 6.61 Å². The molecule has 4 nitrogen and oxygen atoms in total. The van der Waals surface area contributed by atoms with Gasteiger partial charge in [0, 0.05) is 31.6 Å². The van der Waals surface area contributed by atoms with Gasteiger partial charge in [-0.2, -0.15) is 0 Å². The van der Waals surface area contributed by atoms with Crippen LogP contribution in [0.5, 0.6) is 5.75 Å². The Balaban J connectivity index is 1.80. The van der Waals surface area contributed by atoms with Gasteiger partial charge < -0.3 is 15.4 Å². The highest BCUT2D eigenvalue weighted by Crippen LogP contribution is 2.33. The van der Waals surface area contributed by atoms with Crippen molar-refractivity contribution in [1.29, 1.82) is 0 Å². The molecule has 1 saturated heterocycles. The van der Waals surface area contributed by atoms with E-state index in [0.717, 1.165) is 13.1 Å². The molecule has 2 N–H and O–H groups in total. The van der Waals surface area contributed by atoms with Gasteiger partial charge in [-0.25, -0.2) is 0 Å². The summed E-state index contributed by atoms with van der Waals surface area (Å²) in [5.74, 6) is 0.670. The van der Waals surface area contributed by atoms with Crippen molar-refractivity contribution in [3.63, 3.8) is 0 Å². The van der Waals surface area contributed by atoms with Gasteiger partial charge in [-0.05, 0) is 6.07 Å². The van der Waals surface area contributed by atoms with E-state index in [-0.39, 0.29) is 12.5 Å². The first kappa shape index (κ1) is 14.7. The van der Waals surface area contributed by atoms with Crippen LogP contribution < -0.4 is 15.4 Å². The quantitative estimate of drug-likeness (QED) is 0.818. The standard InChI is InChI=1S/C12H13Cl3N2O2/c13-8-1-10(15)11(2-9(8)14)19-6-12(18)17-5-7-3-16-4-7/h1-2,7,16H,3-6H2,(H,17,18). The van der Waals surface area contributed by atoms with E-state index in [1.807, 2.05) is 0 Å². The number of hydrogen-bond donors (Lipinski definition) is 2. The van der Waals surface area contributed by atoms with Gasteiger partial charge in [0.2, 0.25) is 0 Å². The summed E-state index contributed by atoms with van der Waals surface area (Å²) in [6.07, 6.45) is 0. The third-order valence-corrected chi connectivity index (χ3v) is 3.81. The number of halogens is 3. The van der Waals surface area contributed by atoms with E-state index in [0.29, 0.717) is 33.3 Å². The van der Waals surface area contributed by atoms with Crippen molar-refractivity contribution < 1.29 is 9.53 Å². The molecule has 1 amide bonds. The first-order valence-corrected chi connectivity index (χ1v) is 6.94. The van der Waals surface area contributed by atoms with Crippen molar-refractivity contribution >= 4 is 40.7 Å². The van der Waals surface area contributed by atoms with Crippen LogP contribution in [-0.2, 0) is 4.79 Å². The van der Waals surface area contributed by atoms with Crippen LogP contribution in [0, 0.1) is 5.92 Å². The first-order chi connectivity index (χ1) is 9.06. The smallest absolute Gasteiger partial charge is 0.257 e. The Morgan fingerprint density at radius 2 is 1.95 bits per heavy atom. The van der Waals surface area contributed by atoms with E-state index in [1.165, 1.54) is 12.1 Å². The summed E-state index contributed by atoms with van der Waals surface area (Å²) < 4.78 is 5.32. The zero-order chi connectivity index (χ0) is 13.8. The Hall–Kier alpha value is -0.680. The Morgan fingerprint density at radius 1 is 1.26 bits per heavy atom. The Morgan fingerprint density at radius 3 is 2.58 bits per heavy atom. The van der Waals surface area contributed by atoms with Crippen molar-refractivity contribution in [3.8, 4) is 5.75 Å². The van der Waals surface area contributed by atoms with Crippen LogP contribution in [0.4, 0.5) is 0 Å². The van der Waals surface area contributed by atoms with Crippen LogP contribution in [0.25, 0.3) is 0 Å². The summed E-state index contributed by atoms with van der Waals surface area (Å²) >= 11 is 17.6. The van der Waals surface area contributed by atoms with Crippen molar-refractivity contribution in [2.75, 3.05) is 26.2 Å². The molecular formula is C12H13Cl3N2O2. The molecule has 104 valence electrons. The third-order valence-electron chi connectivity index (χ3n) is 2.79. The number of hydrogen-bond acceptors (Lipinski definition) is 3. The maximum atomic E-state index is 11.6. The summed E-state index contributed by atoms with van der Waals surface area (Å²) in [7, 11) is 0. The topological polar surface area (TPSA) is 50.4 Å². The Bertz CT molecular complexity index is 478. The first-order valence-electron chi connectivity index (χ1n) is 5.81. The van der Waals surface area contributed by atoms with E-state index in [1.54, 1.807) is 0 Å². The van der Waals surface area contributed by atoms with Gasteiger partial charge in [0.05, 0.1) is 15.1 Å². The van der Waals surface area contributed by atoms with E-state index in [9.17, 15) is 4.79 Å². The SMILES string of the molecule is O=C(COc1cc(Cl)c(Cl)cc1Cl)NCC1CNC1. The molecule has 0 aromatic heterocycles. The molecule has 7 heteroatoms. The number of carbonyl (C=O) groups is 1. The second-order valence-corrected chi connectivity index (χ2v) is 5.54. The summed E-state index contributed by atoms with van der Waals surface area (Å²) in [4.78, 5) is 11.6. The molecule has 0 radical (unpaired) electrons. The zero-order valence-corrected chi connectivity index (χ0v) is 12.3. The zero-order valence-electron chi connectivity index (χ0n) is 10.0. The number of nitrogens with one attached hydrogen (secondary N) is 2. The maximum absolute atomic E-state index is 11.6. The van der Waals surface area contributed by atoms with Crippen molar-refractivity contribution in [2.24, 2.45) is 5.92 Å². The van der Waals surface area contributed by atoms with Gasteiger partial charge in [0.1, 0.15) is 5.75 Å². The molecule has 1 aromatic carbocycles. The van der Waals surface area contributed by atoms with Crippen molar-refractivity contribution in [3.05, 3.63) is 27.2 Å². The fourth-order valence-corrected chi connectivity index (χ4v) is 2.15. The third kappa shape index (κ3) is 4.14. The van der Waals surface area contributed by atoms with Gasteiger partial charge in [0.25, 0.3) is 5.91 Å². The lowest BCUT2D eigenvalue weighted by Crippen LogP contribution is -2.48. The van der Waals surface area contributed by atoms with Crippen LogP contribution >= 0.6 is 34.8 Å². The number of amides is 1. The number of carbonyl (C=O) groups excluding carboxylic acids is 1. The molecule has 1 aromatic rings. The summed E-state index contributed by atoms with van der Waals surface area (Å²) in [5, 5.41) is 6.94. The van der Waals surface area contributed by atoms with E-state index in [4.69, 9.17) is 39.5 Å². The van der Waals surface area contributed by atoms with Crippen LogP contribution in [0.1, 0.15) is 0 Å². The summed E-state index contributed by atoms with van der Waals surface area (Å²) in [5.41, 5.74) is 0. The fraction of sp³-hybridized carbons (Fsp3) is 0.417. The number of rotatable bonds is 5. The van der Waals surface area contributed by atoms with Gasteiger partial charge in [-0.1, -0.05) is 34.8 Å². The Kier molecular flexibility index (Phi) is 5.16. The van der Waals surface area contributed by atoms with E-state index in [2.05, 4.69) is 10.6 Å². The maximum Gasteiger partial charge on any atom is 0.257 e. The van der Waals surface area contributed by atoms with Crippen molar-refractivity contribution in [1.82, 2.24) is 10.6 Å². The molecule has 1 aliphatic rings. The van der Waals surface area contributed by atoms with Crippen LogP contribution in [0.3, 0.4) is 0 Å². The normalized spacial score (nSPS) is 14.9. The molecule has 1 fully saturated rings. The number of benzene rings is 1. The Labute approximate surface area is 126 Å². The second kappa shape index (κ2) is 6.66. The molecule has 2 rings (SSSR count). The number of ether oxygens (including phenoxy) is 1. The van der Waals surface area contributed by atoms with E-state index < -0.39 is 0 Å². The van der Waals surface area contributed by atoms with E-state index >= 15 is 0 Å².